The van der Waals surface area contributed by atoms with Crippen molar-refractivity contribution in [2.24, 2.45) is 0 Å². The summed E-state index contributed by atoms with van der Waals surface area (Å²) in [5, 5.41) is 0.344. The SMILES string of the molecule is Sc1ncc(-c2ccco2)o1. The van der Waals surface area contributed by atoms with E-state index in [1.807, 2.05) is 0 Å². The van der Waals surface area contributed by atoms with Crippen molar-refractivity contribution in [3.05, 3.63) is 24.6 Å². The van der Waals surface area contributed by atoms with Crippen LogP contribution >= 0.6 is 12.6 Å². The van der Waals surface area contributed by atoms with E-state index in [1.165, 1.54) is 0 Å². The van der Waals surface area contributed by atoms with E-state index in [0.717, 1.165) is 0 Å². The van der Waals surface area contributed by atoms with Crippen molar-refractivity contribution < 1.29 is 8.83 Å². The van der Waals surface area contributed by atoms with Crippen molar-refractivity contribution >= 4 is 12.6 Å². The maximum atomic E-state index is 5.09. The van der Waals surface area contributed by atoms with Gasteiger partial charge in [-0.2, -0.15) is 0 Å². The predicted molar refractivity (Wildman–Crippen MR) is 41.5 cm³/mol. The van der Waals surface area contributed by atoms with E-state index >= 15 is 0 Å². The van der Waals surface area contributed by atoms with Crippen molar-refractivity contribution in [1.29, 1.82) is 0 Å². The molecule has 0 fully saturated rings. The molecule has 0 amide bonds. The van der Waals surface area contributed by atoms with Crippen LogP contribution in [0.15, 0.2) is 38.6 Å². The summed E-state index contributed by atoms with van der Waals surface area (Å²) >= 11 is 3.92. The number of aromatic nitrogens is 1. The highest BCUT2D eigenvalue weighted by Crippen LogP contribution is 2.21. The molecule has 2 aromatic heterocycles. The molecular weight excluding hydrogens is 162 g/mol. The summed E-state index contributed by atoms with van der Waals surface area (Å²) < 4.78 is 10.2. The van der Waals surface area contributed by atoms with Gasteiger partial charge in [0.1, 0.15) is 0 Å². The quantitative estimate of drug-likeness (QED) is 0.662. The predicted octanol–water partition coefficient (Wildman–Crippen LogP) is 2.22. The zero-order valence-corrected chi connectivity index (χ0v) is 6.41. The minimum Gasteiger partial charge on any atom is -0.461 e. The molecular formula is C7H5NO2S. The molecule has 0 atom stereocenters. The lowest BCUT2D eigenvalue weighted by molar-refractivity contribution is 0.450. The van der Waals surface area contributed by atoms with Gasteiger partial charge in [-0.1, -0.05) is 12.6 Å². The number of rotatable bonds is 1. The van der Waals surface area contributed by atoms with E-state index in [-0.39, 0.29) is 0 Å². The minimum atomic E-state index is 0.344. The monoisotopic (exact) mass is 167 g/mol. The molecule has 2 rings (SSSR count). The van der Waals surface area contributed by atoms with E-state index in [1.54, 1.807) is 24.6 Å². The molecule has 0 N–H and O–H groups in total. The number of furan rings is 1. The van der Waals surface area contributed by atoms with Crippen LogP contribution in [-0.4, -0.2) is 4.98 Å². The lowest BCUT2D eigenvalue weighted by Gasteiger charge is -1.84. The van der Waals surface area contributed by atoms with Crippen LogP contribution in [0.4, 0.5) is 0 Å². The number of hydrogen-bond acceptors (Lipinski definition) is 4. The highest BCUT2D eigenvalue weighted by molar-refractivity contribution is 7.80. The number of oxazole rings is 1. The Hall–Kier alpha value is -1.16. The third kappa shape index (κ3) is 1.17. The van der Waals surface area contributed by atoms with Crippen molar-refractivity contribution in [3.63, 3.8) is 0 Å². The van der Waals surface area contributed by atoms with Crippen LogP contribution in [0.5, 0.6) is 0 Å². The zero-order valence-electron chi connectivity index (χ0n) is 5.52. The van der Waals surface area contributed by atoms with Crippen molar-refractivity contribution in [2.75, 3.05) is 0 Å². The lowest BCUT2D eigenvalue weighted by Crippen LogP contribution is -1.62. The summed E-state index contributed by atoms with van der Waals surface area (Å²) in [6.45, 7) is 0. The molecule has 3 nitrogen and oxygen atoms in total. The number of nitrogens with zero attached hydrogens (tertiary/aromatic N) is 1. The van der Waals surface area contributed by atoms with Gasteiger partial charge in [-0.15, -0.1) is 0 Å². The Labute approximate surface area is 68.5 Å². The Bertz CT molecular complexity index is 339. The first-order valence-corrected chi connectivity index (χ1v) is 3.49. The van der Waals surface area contributed by atoms with Crippen molar-refractivity contribution in [1.82, 2.24) is 4.98 Å². The maximum Gasteiger partial charge on any atom is 0.253 e. The molecule has 2 aromatic rings. The number of hydrogen-bond donors (Lipinski definition) is 1. The molecule has 0 radical (unpaired) electrons. The van der Waals surface area contributed by atoms with Gasteiger partial charge in [-0.25, -0.2) is 4.98 Å². The molecule has 2 heterocycles. The van der Waals surface area contributed by atoms with Gasteiger partial charge >= 0.3 is 0 Å². The third-order valence-electron chi connectivity index (χ3n) is 1.26. The Balaban J connectivity index is 2.45. The van der Waals surface area contributed by atoms with E-state index in [0.29, 0.717) is 16.7 Å². The van der Waals surface area contributed by atoms with E-state index in [4.69, 9.17) is 8.83 Å². The molecule has 0 spiro atoms. The molecule has 0 aliphatic carbocycles. The summed E-state index contributed by atoms with van der Waals surface area (Å²) in [6.07, 6.45) is 3.15. The molecule has 4 heteroatoms. The van der Waals surface area contributed by atoms with Gasteiger partial charge in [0.05, 0.1) is 12.5 Å². The molecule has 0 aromatic carbocycles. The van der Waals surface area contributed by atoms with E-state index in [2.05, 4.69) is 17.6 Å². The van der Waals surface area contributed by atoms with Gasteiger partial charge in [0.2, 0.25) is 0 Å². The minimum absolute atomic E-state index is 0.344. The molecule has 11 heavy (non-hydrogen) atoms. The molecule has 56 valence electrons. The first-order valence-electron chi connectivity index (χ1n) is 3.05. The fraction of sp³-hybridized carbons (Fsp3) is 0. The Morgan fingerprint density at radius 1 is 1.36 bits per heavy atom. The van der Waals surface area contributed by atoms with Crippen LogP contribution < -0.4 is 0 Å². The molecule has 0 aliphatic rings. The molecule has 0 saturated carbocycles. The van der Waals surface area contributed by atoms with Crippen molar-refractivity contribution in [3.8, 4) is 11.5 Å². The van der Waals surface area contributed by atoms with Gasteiger partial charge < -0.3 is 8.83 Å². The largest absolute Gasteiger partial charge is 0.461 e. The Kier molecular flexibility index (Phi) is 1.47. The Morgan fingerprint density at radius 3 is 2.82 bits per heavy atom. The summed E-state index contributed by atoms with van der Waals surface area (Å²) in [5.41, 5.74) is 0. The second-order valence-corrected chi connectivity index (χ2v) is 2.37. The lowest BCUT2D eigenvalue weighted by atomic mass is 10.4. The first-order chi connectivity index (χ1) is 5.36. The second-order valence-electron chi connectivity index (χ2n) is 1.98. The van der Waals surface area contributed by atoms with Crippen LogP contribution in [0, 0.1) is 0 Å². The topological polar surface area (TPSA) is 39.2 Å². The van der Waals surface area contributed by atoms with Gasteiger partial charge in [0.15, 0.2) is 11.5 Å². The number of thiol groups is 1. The van der Waals surface area contributed by atoms with E-state index < -0.39 is 0 Å². The standard InChI is InChI=1S/C7H5NO2S/c11-7-8-4-6(10-7)5-2-1-3-9-5/h1-4H,(H,8,11). The molecule has 0 unspecified atom stereocenters. The summed E-state index contributed by atoms with van der Waals surface area (Å²) in [7, 11) is 0. The van der Waals surface area contributed by atoms with Gasteiger partial charge in [0, 0.05) is 0 Å². The molecule has 0 bridgehead atoms. The molecule has 0 aliphatic heterocycles. The zero-order chi connectivity index (χ0) is 7.68. The fourth-order valence-electron chi connectivity index (χ4n) is 0.798. The van der Waals surface area contributed by atoms with Crippen LogP contribution in [0.3, 0.4) is 0 Å². The van der Waals surface area contributed by atoms with Crippen LogP contribution in [0.1, 0.15) is 0 Å². The normalized spacial score (nSPS) is 10.3. The molecule has 0 saturated heterocycles. The highest BCUT2D eigenvalue weighted by Gasteiger charge is 2.04. The average Bonchev–Trinajstić information content (AvgIpc) is 2.55. The first kappa shape index (κ1) is 6.54. The fourth-order valence-corrected chi connectivity index (χ4v) is 0.954. The van der Waals surface area contributed by atoms with Gasteiger partial charge in [-0.05, 0) is 12.1 Å². The van der Waals surface area contributed by atoms with Crippen LogP contribution in [-0.2, 0) is 0 Å². The van der Waals surface area contributed by atoms with Crippen LogP contribution in [0.25, 0.3) is 11.5 Å². The average molecular weight is 167 g/mol. The summed E-state index contributed by atoms with van der Waals surface area (Å²) in [4.78, 5) is 3.81. The highest BCUT2D eigenvalue weighted by atomic mass is 32.1. The second kappa shape index (κ2) is 2.47. The van der Waals surface area contributed by atoms with Crippen LogP contribution in [0.2, 0.25) is 0 Å². The summed E-state index contributed by atoms with van der Waals surface area (Å²) in [5.74, 6) is 1.26. The smallest absolute Gasteiger partial charge is 0.253 e. The van der Waals surface area contributed by atoms with E-state index in [9.17, 15) is 0 Å². The van der Waals surface area contributed by atoms with Gasteiger partial charge in [-0.3, -0.25) is 0 Å². The Morgan fingerprint density at radius 2 is 2.27 bits per heavy atom. The van der Waals surface area contributed by atoms with Crippen molar-refractivity contribution in [2.45, 2.75) is 5.22 Å². The maximum absolute atomic E-state index is 5.09. The summed E-state index contributed by atoms with van der Waals surface area (Å²) in [6, 6.07) is 3.59. The van der Waals surface area contributed by atoms with Gasteiger partial charge in [0.25, 0.3) is 5.22 Å². The third-order valence-corrected chi connectivity index (χ3v) is 1.46.